The minimum Gasteiger partial charge on any atom is -0.294 e. The van der Waals surface area contributed by atoms with Crippen LogP contribution in [0.25, 0.3) is 0 Å². The first-order valence-corrected chi connectivity index (χ1v) is 4.79. The van der Waals surface area contributed by atoms with E-state index in [9.17, 15) is 4.79 Å². The summed E-state index contributed by atoms with van der Waals surface area (Å²) in [5.74, 6) is 0.600. The molecule has 2 aliphatic rings. The van der Waals surface area contributed by atoms with Gasteiger partial charge in [0.05, 0.1) is 0 Å². The molecule has 12 heavy (non-hydrogen) atoms. The highest BCUT2D eigenvalue weighted by molar-refractivity contribution is 5.99. The van der Waals surface area contributed by atoms with Gasteiger partial charge in [-0.2, -0.15) is 0 Å². The van der Waals surface area contributed by atoms with Gasteiger partial charge in [-0.15, -0.1) is 0 Å². The molecule has 1 unspecified atom stereocenters. The van der Waals surface area contributed by atoms with E-state index in [2.05, 4.69) is 6.08 Å². The maximum atomic E-state index is 11.7. The van der Waals surface area contributed by atoms with Crippen molar-refractivity contribution in [1.82, 2.24) is 0 Å². The second-order valence-electron chi connectivity index (χ2n) is 3.65. The van der Waals surface area contributed by atoms with Crippen molar-refractivity contribution < 1.29 is 4.79 Å². The number of carbonyl (C=O) groups is 1. The lowest BCUT2D eigenvalue weighted by Gasteiger charge is -2.19. The number of rotatable bonds is 0. The average Bonchev–Trinajstić information content (AvgIpc) is 2.10. The van der Waals surface area contributed by atoms with E-state index < -0.39 is 0 Å². The summed E-state index contributed by atoms with van der Waals surface area (Å²) in [4.78, 5) is 11.7. The van der Waals surface area contributed by atoms with Crippen LogP contribution in [0.5, 0.6) is 0 Å². The van der Waals surface area contributed by atoms with Gasteiger partial charge in [0.1, 0.15) is 0 Å². The Labute approximate surface area is 73.2 Å². The third-order valence-electron chi connectivity index (χ3n) is 2.76. The molecule has 0 saturated heterocycles. The van der Waals surface area contributed by atoms with Crippen molar-refractivity contribution in [1.29, 1.82) is 0 Å². The Kier molecular flexibility index (Phi) is 2.11. The van der Waals surface area contributed by atoms with E-state index >= 15 is 0 Å². The highest BCUT2D eigenvalue weighted by Gasteiger charge is 2.22. The quantitative estimate of drug-likeness (QED) is 0.535. The molecule has 0 heterocycles. The summed E-state index contributed by atoms with van der Waals surface area (Å²) in [6.07, 6.45) is 11.8. The first-order chi connectivity index (χ1) is 5.88. The molecule has 1 fully saturated rings. The van der Waals surface area contributed by atoms with Gasteiger partial charge >= 0.3 is 0 Å². The summed E-state index contributed by atoms with van der Waals surface area (Å²) in [5.41, 5.74) is 1.06. The Morgan fingerprint density at radius 2 is 2.17 bits per heavy atom. The molecule has 2 aliphatic carbocycles. The first-order valence-electron chi connectivity index (χ1n) is 4.79. The fourth-order valence-corrected chi connectivity index (χ4v) is 2.00. The molecular weight excluding hydrogens is 148 g/mol. The zero-order valence-corrected chi connectivity index (χ0v) is 7.25. The Morgan fingerprint density at radius 1 is 1.25 bits per heavy atom. The van der Waals surface area contributed by atoms with Gasteiger partial charge < -0.3 is 0 Å². The summed E-state index contributed by atoms with van der Waals surface area (Å²) < 4.78 is 0. The van der Waals surface area contributed by atoms with Crippen LogP contribution in [0.3, 0.4) is 0 Å². The molecule has 0 aromatic carbocycles. The fourth-order valence-electron chi connectivity index (χ4n) is 2.00. The van der Waals surface area contributed by atoms with Crippen LogP contribution in [0.1, 0.15) is 32.1 Å². The maximum Gasteiger partial charge on any atom is 0.165 e. The molecule has 0 amide bonds. The van der Waals surface area contributed by atoms with Crippen molar-refractivity contribution in [3.63, 3.8) is 0 Å². The summed E-state index contributed by atoms with van der Waals surface area (Å²) in [6, 6.07) is 0. The highest BCUT2D eigenvalue weighted by atomic mass is 16.1. The number of hydrogen-bond acceptors (Lipinski definition) is 1. The normalized spacial score (nSPS) is 29.2. The number of hydrogen-bond donors (Lipinski definition) is 0. The van der Waals surface area contributed by atoms with E-state index in [1.807, 2.05) is 12.2 Å². The highest BCUT2D eigenvalue weighted by Crippen LogP contribution is 2.26. The molecule has 0 radical (unpaired) electrons. The second-order valence-corrected chi connectivity index (χ2v) is 3.65. The molecule has 1 heteroatoms. The van der Waals surface area contributed by atoms with E-state index in [0.29, 0.717) is 5.78 Å². The van der Waals surface area contributed by atoms with E-state index in [0.717, 1.165) is 18.4 Å². The molecule has 1 nitrogen and oxygen atoms in total. The lowest BCUT2D eigenvalue weighted by molar-refractivity contribution is -0.118. The predicted molar refractivity (Wildman–Crippen MR) is 48.8 cm³/mol. The van der Waals surface area contributed by atoms with Crippen LogP contribution in [-0.4, -0.2) is 5.78 Å². The first kappa shape index (κ1) is 7.78. The molecule has 1 saturated carbocycles. The third kappa shape index (κ3) is 1.36. The van der Waals surface area contributed by atoms with Gasteiger partial charge in [0, 0.05) is 5.92 Å². The standard InChI is InChI=1S/C11H14O/c12-11-9-5-2-1-3-6-10(11)8-4-7-9/h4,7-9H,1-3,5-6H2. The van der Waals surface area contributed by atoms with E-state index in [1.165, 1.54) is 19.3 Å². The summed E-state index contributed by atoms with van der Waals surface area (Å²) in [7, 11) is 0. The summed E-state index contributed by atoms with van der Waals surface area (Å²) in [5, 5.41) is 0. The van der Waals surface area contributed by atoms with Gasteiger partial charge in [-0.1, -0.05) is 31.1 Å². The lowest BCUT2D eigenvalue weighted by atomic mass is 9.84. The van der Waals surface area contributed by atoms with Gasteiger partial charge in [0.15, 0.2) is 5.78 Å². The topological polar surface area (TPSA) is 17.1 Å². The van der Waals surface area contributed by atoms with Gasteiger partial charge in [-0.05, 0) is 24.8 Å². The Hall–Kier alpha value is -0.850. The molecule has 2 rings (SSSR count). The second kappa shape index (κ2) is 3.26. The molecule has 0 N–H and O–H groups in total. The maximum absolute atomic E-state index is 11.7. The minimum absolute atomic E-state index is 0.213. The molecule has 0 spiro atoms. The zero-order chi connectivity index (χ0) is 8.39. The van der Waals surface area contributed by atoms with Crippen molar-refractivity contribution in [2.75, 3.05) is 0 Å². The lowest BCUT2D eigenvalue weighted by Crippen LogP contribution is -2.18. The van der Waals surface area contributed by atoms with Crippen LogP contribution in [0.15, 0.2) is 23.8 Å². The molecule has 2 bridgehead atoms. The van der Waals surface area contributed by atoms with Crippen LogP contribution >= 0.6 is 0 Å². The largest absolute Gasteiger partial charge is 0.294 e. The predicted octanol–water partition coefficient (Wildman–Crippen LogP) is 2.63. The van der Waals surface area contributed by atoms with Gasteiger partial charge in [0.2, 0.25) is 0 Å². The zero-order valence-electron chi connectivity index (χ0n) is 7.25. The molecular formula is C11H14O. The van der Waals surface area contributed by atoms with Crippen molar-refractivity contribution in [2.45, 2.75) is 32.1 Å². The molecule has 64 valence electrons. The molecule has 1 atom stereocenters. The van der Waals surface area contributed by atoms with E-state index in [4.69, 9.17) is 0 Å². The van der Waals surface area contributed by atoms with Crippen LogP contribution in [-0.2, 0) is 4.79 Å². The van der Waals surface area contributed by atoms with Crippen LogP contribution in [0.2, 0.25) is 0 Å². The minimum atomic E-state index is 0.213. The number of allylic oxidation sites excluding steroid dienone is 4. The monoisotopic (exact) mass is 162 g/mol. The molecule has 0 aromatic heterocycles. The summed E-state index contributed by atoms with van der Waals surface area (Å²) >= 11 is 0. The number of Topliss-reactive ketones (excluding diaryl/α,β-unsaturated/α-hetero) is 1. The Bertz CT molecular complexity index is 248. The van der Waals surface area contributed by atoms with Gasteiger partial charge in [-0.25, -0.2) is 0 Å². The molecule has 0 aromatic rings. The Morgan fingerprint density at radius 3 is 3.08 bits per heavy atom. The average molecular weight is 162 g/mol. The summed E-state index contributed by atoms with van der Waals surface area (Å²) in [6.45, 7) is 0. The van der Waals surface area contributed by atoms with Crippen molar-refractivity contribution >= 4 is 5.78 Å². The van der Waals surface area contributed by atoms with Crippen LogP contribution in [0.4, 0.5) is 0 Å². The number of carbonyl (C=O) groups excluding carboxylic acids is 1. The van der Waals surface area contributed by atoms with Gasteiger partial charge in [-0.3, -0.25) is 4.79 Å². The third-order valence-corrected chi connectivity index (χ3v) is 2.76. The van der Waals surface area contributed by atoms with E-state index in [1.54, 1.807) is 0 Å². The van der Waals surface area contributed by atoms with Crippen molar-refractivity contribution in [3.05, 3.63) is 23.8 Å². The van der Waals surface area contributed by atoms with E-state index in [-0.39, 0.29) is 5.92 Å². The number of fused-ring (bicyclic) bond motifs is 2. The van der Waals surface area contributed by atoms with Gasteiger partial charge in [0.25, 0.3) is 0 Å². The smallest absolute Gasteiger partial charge is 0.165 e. The van der Waals surface area contributed by atoms with Crippen LogP contribution in [0, 0.1) is 5.92 Å². The van der Waals surface area contributed by atoms with Crippen LogP contribution < -0.4 is 0 Å². The number of ketones is 1. The SMILES string of the molecule is O=C1C2=CC=CC1CCCCC2. The molecule has 0 aliphatic heterocycles. The Balaban J connectivity index is 2.22. The van der Waals surface area contributed by atoms with Crippen molar-refractivity contribution in [3.8, 4) is 0 Å². The fraction of sp³-hybridized carbons (Fsp3) is 0.545. The van der Waals surface area contributed by atoms with Crippen molar-refractivity contribution in [2.24, 2.45) is 5.92 Å².